The second-order valence-electron chi connectivity index (χ2n) is 4.77. The third-order valence-corrected chi connectivity index (χ3v) is 3.95. The normalized spacial score (nSPS) is 12.4. The average Bonchev–Trinajstić information content (AvgIpc) is 2.82. The lowest BCUT2D eigenvalue weighted by Gasteiger charge is -2.30. The Morgan fingerprint density at radius 2 is 2.30 bits per heavy atom. The molecule has 0 saturated heterocycles. The molecular weight excluding hydrogens is 272 g/mol. The topological polar surface area (TPSA) is 79.8 Å². The molecule has 0 aliphatic heterocycles. The van der Waals surface area contributed by atoms with Crippen molar-refractivity contribution in [1.29, 1.82) is 5.26 Å². The van der Waals surface area contributed by atoms with E-state index in [9.17, 15) is 0 Å². The quantitative estimate of drug-likeness (QED) is 0.275. The summed E-state index contributed by atoms with van der Waals surface area (Å²) in [6.45, 7) is 6.88. The summed E-state index contributed by atoms with van der Waals surface area (Å²) < 4.78 is 0. The van der Waals surface area contributed by atoms with Crippen LogP contribution in [0.3, 0.4) is 0 Å². The molecule has 0 aromatic carbocycles. The van der Waals surface area contributed by atoms with Gasteiger partial charge >= 0.3 is 0 Å². The summed E-state index contributed by atoms with van der Waals surface area (Å²) in [7, 11) is 1.85. The Balaban J connectivity index is 2.25. The van der Waals surface area contributed by atoms with Crippen LogP contribution in [0, 0.1) is 18.4 Å². The summed E-state index contributed by atoms with van der Waals surface area (Å²) in [5.41, 5.74) is 2.25. The molecule has 6 nitrogen and oxygen atoms in total. The molecule has 0 spiro atoms. The molecule has 0 saturated carbocycles. The van der Waals surface area contributed by atoms with Gasteiger partial charge in [-0.05, 0) is 27.8 Å². The lowest BCUT2D eigenvalue weighted by Crippen LogP contribution is -2.54. The molecule has 1 rings (SSSR count). The maximum absolute atomic E-state index is 9.14. The molecule has 0 bridgehead atoms. The van der Waals surface area contributed by atoms with Crippen molar-refractivity contribution >= 4 is 11.8 Å². The Bertz CT molecular complexity index is 425. The molecule has 0 fully saturated rings. The second-order valence-corrected chi connectivity index (χ2v) is 5.88. The van der Waals surface area contributed by atoms with Crippen LogP contribution in [0.15, 0.2) is 6.33 Å². The number of H-pyrrole nitrogens is 1. The van der Waals surface area contributed by atoms with E-state index in [4.69, 9.17) is 5.26 Å². The average molecular weight is 296 g/mol. The molecule has 112 valence electrons. The number of nitriles is 1. The van der Waals surface area contributed by atoms with Crippen LogP contribution in [0.1, 0.15) is 25.2 Å². The highest BCUT2D eigenvalue weighted by Gasteiger charge is 2.16. The highest BCUT2D eigenvalue weighted by atomic mass is 32.2. The summed E-state index contributed by atoms with van der Waals surface area (Å²) in [6, 6.07) is 0.171. The number of aromatic amines is 1. The van der Waals surface area contributed by atoms with Crippen molar-refractivity contribution in [1.82, 2.24) is 25.5 Å². The minimum atomic E-state index is -0.118. The first-order valence-corrected chi connectivity index (χ1v) is 7.91. The first-order valence-electron chi connectivity index (χ1n) is 6.75. The first kappa shape index (κ1) is 16.8. The summed E-state index contributed by atoms with van der Waals surface area (Å²) >= 11 is 1.83. The van der Waals surface area contributed by atoms with Crippen LogP contribution < -0.4 is 10.6 Å². The van der Waals surface area contributed by atoms with E-state index in [1.54, 1.807) is 11.2 Å². The van der Waals surface area contributed by atoms with E-state index in [0.29, 0.717) is 0 Å². The van der Waals surface area contributed by atoms with Gasteiger partial charge in [0, 0.05) is 29.8 Å². The Hall–Kier alpha value is -1.23. The molecule has 0 radical (unpaired) electrons. The van der Waals surface area contributed by atoms with Crippen LogP contribution in [-0.4, -0.2) is 46.5 Å². The Morgan fingerprint density at radius 1 is 1.55 bits per heavy atom. The monoisotopic (exact) mass is 296 g/mol. The van der Waals surface area contributed by atoms with Crippen molar-refractivity contribution in [2.24, 2.45) is 0 Å². The van der Waals surface area contributed by atoms with Crippen LogP contribution in [0.4, 0.5) is 0 Å². The molecule has 3 N–H and O–H groups in total. The fourth-order valence-electron chi connectivity index (χ4n) is 1.78. The second kappa shape index (κ2) is 8.84. The van der Waals surface area contributed by atoms with E-state index in [0.717, 1.165) is 29.4 Å². The lowest BCUT2D eigenvalue weighted by atomic mass is 10.3. The molecular formula is C13H24N6S. The van der Waals surface area contributed by atoms with Crippen molar-refractivity contribution in [2.45, 2.75) is 38.9 Å². The van der Waals surface area contributed by atoms with Gasteiger partial charge in [0.25, 0.3) is 0 Å². The number of nitrogens with one attached hydrogen (secondary N) is 3. The van der Waals surface area contributed by atoms with E-state index >= 15 is 0 Å². The first-order chi connectivity index (χ1) is 9.60. The molecule has 7 heteroatoms. The number of aryl methyl sites for hydroxylation is 1. The van der Waals surface area contributed by atoms with Crippen LogP contribution in [-0.2, 0) is 5.75 Å². The Morgan fingerprint density at radius 3 is 2.80 bits per heavy atom. The summed E-state index contributed by atoms with van der Waals surface area (Å²) in [5.74, 6) is 1.88. The number of imidazole rings is 1. The fraction of sp³-hybridized carbons (Fsp3) is 0.692. The fourth-order valence-corrected chi connectivity index (χ4v) is 2.67. The number of nitrogens with zero attached hydrogens (tertiary/aromatic N) is 3. The molecule has 0 aliphatic carbocycles. The van der Waals surface area contributed by atoms with E-state index in [1.807, 2.05) is 39.6 Å². The largest absolute Gasteiger partial charge is 0.348 e. The molecule has 1 unspecified atom stereocenters. The third kappa shape index (κ3) is 5.04. The molecule has 1 heterocycles. The Labute approximate surface area is 125 Å². The van der Waals surface area contributed by atoms with Gasteiger partial charge < -0.3 is 4.98 Å². The van der Waals surface area contributed by atoms with Crippen molar-refractivity contribution in [3.8, 4) is 6.19 Å². The van der Waals surface area contributed by atoms with Gasteiger partial charge in [0.05, 0.1) is 12.0 Å². The Kier molecular flexibility index (Phi) is 7.44. The maximum Gasteiger partial charge on any atom is 0.182 e. The number of rotatable bonds is 9. The smallest absolute Gasteiger partial charge is 0.182 e. The molecule has 0 aliphatic rings. The van der Waals surface area contributed by atoms with Crippen molar-refractivity contribution < 1.29 is 0 Å². The van der Waals surface area contributed by atoms with Gasteiger partial charge in [-0.25, -0.2) is 4.98 Å². The summed E-state index contributed by atoms with van der Waals surface area (Å²) in [6.07, 6.45) is 3.82. The number of aromatic nitrogens is 2. The lowest BCUT2D eigenvalue weighted by molar-refractivity contribution is 0.180. The van der Waals surface area contributed by atoms with Crippen LogP contribution in [0.2, 0.25) is 0 Å². The molecule has 1 atom stereocenters. The zero-order valence-corrected chi connectivity index (χ0v) is 13.4. The molecule has 0 amide bonds. The zero-order valence-electron chi connectivity index (χ0n) is 12.6. The van der Waals surface area contributed by atoms with Crippen molar-refractivity contribution in [3.63, 3.8) is 0 Å². The van der Waals surface area contributed by atoms with Crippen molar-refractivity contribution in [3.05, 3.63) is 17.7 Å². The van der Waals surface area contributed by atoms with Gasteiger partial charge in [-0.15, -0.1) is 0 Å². The van der Waals surface area contributed by atoms with Gasteiger partial charge in [-0.1, -0.05) is 0 Å². The van der Waals surface area contributed by atoms with Crippen molar-refractivity contribution in [2.75, 3.05) is 19.3 Å². The minimum absolute atomic E-state index is 0.118. The van der Waals surface area contributed by atoms with E-state index in [1.165, 1.54) is 0 Å². The van der Waals surface area contributed by atoms with Crippen LogP contribution >= 0.6 is 11.8 Å². The van der Waals surface area contributed by atoms with Crippen LogP contribution in [0.25, 0.3) is 0 Å². The van der Waals surface area contributed by atoms with Gasteiger partial charge in [-0.2, -0.15) is 17.0 Å². The zero-order chi connectivity index (χ0) is 15.0. The minimum Gasteiger partial charge on any atom is -0.348 e. The summed E-state index contributed by atoms with van der Waals surface area (Å²) in [5, 5.41) is 15.6. The SMILES string of the molecule is CNC(NCCSCc1nc[nH]c1C)N(C#N)C(C)C. The number of hydrogen-bond donors (Lipinski definition) is 3. The van der Waals surface area contributed by atoms with E-state index in [2.05, 4.69) is 26.8 Å². The predicted molar refractivity (Wildman–Crippen MR) is 82.9 cm³/mol. The van der Waals surface area contributed by atoms with Crippen LogP contribution in [0.5, 0.6) is 0 Å². The third-order valence-electron chi connectivity index (χ3n) is 2.98. The number of thioether (sulfide) groups is 1. The van der Waals surface area contributed by atoms with Gasteiger partial charge in [0.2, 0.25) is 0 Å². The van der Waals surface area contributed by atoms with Gasteiger partial charge in [0.1, 0.15) is 6.29 Å². The maximum atomic E-state index is 9.14. The standard InChI is InChI=1S/C13H24N6S/c1-10(2)19(8-14)13(15-4)16-5-6-20-7-12-11(3)17-9-18-12/h9-10,13,15-16H,5-7H2,1-4H3,(H,17,18). The molecule has 1 aromatic heterocycles. The molecule has 1 aromatic rings. The van der Waals surface area contributed by atoms with Gasteiger partial charge in [0.15, 0.2) is 6.19 Å². The molecule has 20 heavy (non-hydrogen) atoms. The van der Waals surface area contributed by atoms with E-state index < -0.39 is 0 Å². The summed E-state index contributed by atoms with van der Waals surface area (Å²) in [4.78, 5) is 9.06. The van der Waals surface area contributed by atoms with Gasteiger partial charge in [-0.3, -0.25) is 15.5 Å². The number of hydrogen-bond acceptors (Lipinski definition) is 6. The van der Waals surface area contributed by atoms with E-state index in [-0.39, 0.29) is 12.3 Å². The highest BCUT2D eigenvalue weighted by Crippen LogP contribution is 2.11. The predicted octanol–water partition coefficient (Wildman–Crippen LogP) is 1.24. The highest BCUT2D eigenvalue weighted by molar-refractivity contribution is 7.98.